The van der Waals surface area contributed by atoms with E-state index in [0.29, 0.717) is 12.5 Å². The molecule has 2 aromatic heterocycles. The standard InChI is InChI=1S/C12H19N5S/c1-9(2)4-13-5-11-6-17(16-15-11)7-12-8-18-10(3)14-12/h6,8-9,13H,4-5,7H2,1-3H3. The molecule has 0 aliphatic heterocycles. The molecule has 0 bridgehead atoms. The van der Waals surface area contributed by atoms with Gasteiger partial charge in [0.2, 0.25) is 0 Å². The second kappa shape index (κ2) is 6.06. The van der Waals surface area contributed by atoms with E-state index in [9.17, 15) is 0 Å². The zero-order valence-electron chi connectivity index (χ0n) is 11.1. The van der Waals surface area contributed by atoms with Crippen molar-refractivity contribution in [3.8, 4) is 0 Å². The molecule has 0 spiro atoms. The van der Waals surface area contributed by atoms with Crippen LogP contribution in [0.3, 0.4) is 0 Å². The highest BCUT2D eigenvalue weighted by molar-refractivity contribution is 7.09. The van der Waals surface area contributed by atoms with Gasteiger partial charge in [-0.15, -0.1) is 16.4 Å². The summed E-state index contributed by atoms with van der Waals surface area (Å²) < 4.78 is 1.83. The Labute approximate surface area is 111 Å². The molecule has 0 aromatic carbocycles. The van der Waals surface area contributed by atoms with Crippen molar-refractivity contribution >= 4 is 11.3 Å². The Morgan fingerprint density at radius 1 is 1.39 bits per heavy atom. The maximum atomic E-state index is 4.41. The second-order valence-corrected chi connectivity index (χ2v) is 5.85. The van der Waals surface area contributed by atoms with E-state index in [1.165, 1.54) is 0 Å². The molecule has 0 radical (unpaired) electrons. The molecule has 98 valence electrons. The molecule has 2 heterocycles. The quantitative estimate of drug-likeness (QED) is 0.866. The summed E-state index contributed by atoms with van der Waals surface area (Å²) in [4.78, 5) is 4.41. The van der Waals surface area contributed by atoms with Crippen molar-refractivity contribution in [3.63, 3.8) is 0 Å². The highest BCUT2D eigenvalue weighted by Crippen LogP contribution is 2.09. The molecule has 0 aliphatic carbocycles. The molecular weight excluding hydrogens is 246 g/mol. The average molecular weight is 265 g/mol. The third-order valence-electron chi connectivity index (χ3n) is 2.44. The van der Waals surface area contributed by atoms with Crippen molar-refractivity contribution in [2.24, 2.45) is 5.92 Å². The Morgan fingerprint density at radius 2 is 2.22 bits per heavy atom. The van der Waals surface area contributed by atoms with Gasteiger partial charge >= 0.3 is 0 Å². The van der Waals surface area contributed by atoms with Crippen LogP contribution >= 0.6 is 11.3 Å². The van der Waals surface area contributed by atoms with E-state index in [4.69, 9.17) is 0 Å². The minimum Gasteiger partial charge on any atom is -0.311 e. The molecule has 18 heavy (non-hydrogen) atoms. The Kier molecular flexibility index (Phi) is 4.43. The molecule has 0 amide bonds. The average Bonchev–Trinajstić information content (AvgIpc) is 2.89. The molecule has 5 nitrogen and oxygen atoms in total. The fourth-order valence-electron chi connectivity index (χ4n) is 1.63. The topological polar surface area (TPSA) is 55.6 Å². The molecule has 0 unspecified atom stereocenters. The number of nitrogens with one attached hydrogen (secondary N) is 1. The van der Waals surface area contributed by atoms with Crippen LogP contribution in [0.2, 0.25) is 0 Å². The van der Waals surface area contributed by atoms with Gasteiger partial charge in [0.05, 0.1) is 29.1 Å². The molecule has 0 aliphatic rings. The summed E-state index contributed by atoms with van der Waals surface area (Å²) in [6, 6.07) is 0. The van der Waals surface area contributed by atoms with Gasteiger partial charge in [-0.2, -0.15) is 0 Å². The maximum Gasteiger partial charge on any atom is 0.0964 e. The molecule has 1 N–H and O–H groups in total. The number of rotatable bonds is 6. The highest BCUT2D eigenvalue weighted by atomic mass is 32.1. The summed E-state index contributed by atoms with van der Waals surface area (Å²) in [5.74, 6) is 0.651. The van der Waals surface area contributed by atoms with E-state index in [1.54, 1.807) is 11.3 Å². The van der Waals surface area contributed by atoms with Crippen LogP contribution in [0.4, 0.5) is 0 Å². The molecular formula is C12H19N5S. The lowest BCUT2D eigenvalue weighted by Gasteiger charge is -2.04. The van der Waals surface area contributed by atoms with E-state index in [-0.39, 0.29) is 0 Å². The monoisotopic (exact) mass is 265 g/mol. The van der Waals surface area contributed by atoms with Crippen LogP contribution in [-0.2, 0) is 13.1 Å². The first-order valence-corrected chi connectivity index (χ1v) is 7.02. The van der Waals surface area contributed by atoms with Crippen LogP contribution in [0.1, 0.15) is 30.2 Å². The third-order valence-corrected chi connectivity index (χ3v) is 3.26. The third kappa shape index (κ3) is 3.89. The van der Waals surface area contributed by atoms with Crippen molar-refractivity contribution in [1.29, 1.82) is 0 Å². The van der Waals surface area contributed by atoms with Crippen molar-refractivity contribution < 1.29 is 0 Å². The van der Waals surface area contributed by atoms with Crippen LogP contribution in [-0.4, -0.2) is 26.5 Å². The highest BCUT2D eigenvalue weighted by Gasteiger charge is 2.04. The predicted octanol–water partition coefficient (Wildman–Crippen LogP) is 1.84. The Hall–Kier alpha value is -1.27. The van der Waals surface area contributed by atoms with Crippen LogP contribution in [0, 0.1) is 12.8 Å². The van der Waals surface area contributed by atoms with E-state index < -0.39 is 0 Å². The Balaban J connectivity index is 1.86. The summed E-state index contributed by atoms with van der Waals surface area (Å²) in [6.07, 6.45) is 1.97. The summed E-state index contributed by atoms with van der Waals surface area (Å²) >= 11 is 1.66. The molecule has 0 saturated heterocycles. The van der Waals surface area contributed by atoms with Crippen molar-refractivity contribution in [2.75, 3.05) is 6.54 Å². The first-order chi connectivity index (χ1) is 8.63. The fraction of sp³-hybridized carbons (Fsp3) is 0.583. The van der Waals surface area contributed by atoms with Crippen LogP contribution < -0.4 is 5.32 Å². The maximum absolute atomic E-state index is 4.41. The van der Waals surface area contributed by atoms with Gasteiger partial charge < -0.3 is 5.32 Å². The van der Waals surface area contributed by atoms with E-state index in [1.807, 2.05) is 17.8 Å². The van der Waals surface area contributed by atoms with Gasteiger partial charge in [-0.3, -0.25) is 0 Å². The van der Waals surface area contributed by atoms with Crippen molar-refractivity contribution in [2.45, 2.75) is 33.9 Å². The molecule has 2 aromatic rings. The van der Waals surface area contributed by atoms with E-state index in [2.05, 4.69) is 39.8 Å². The number of nitrogens with zero attached hydrogens (tertiary/aromatic N) is 4. The van der Waals surface area contributed by atoms with Gasteiger partial charge in [-0.05, 0) is 19.4 Å². The summed E-state index contributed by atoms with van der Waals surface area (Å²) in [5.41, 5.74) is 2.02. The van der Waals surface area contributed by atoms with Gasteiger partial charge in [-0.25, -0.2) is 9.67 Å². The zero-order valence-corrected chi connectivity index (χ0v) is 11.9. The number of hydrogen-bond donors (Lipinski definition) is 1. The lowest BCUT2D eigenvalue weighted by atomic mass is 10.2. The Bertz CT molecular complexity index is 488. The number of aryl methyl sites for hydroxylation is 1. The molecule has 6 heteroatoms. The first kappa shape index (κ1) is 13.2. The zero-order chi connectivity index (χ0) is 13.0. The van der Waals surface area contributed by atoms with Gasteiger partial charge in [0.1, 0.15) is 0 Å². The minimum absolute atomic E-state index is 0.651. The summed E-state index contributed by atoms with van der Waals surface area (Å²) in [7, 11) is 0. The van der Waals surface area contributed by atoms with Crippen LogP contribution in [0.5, 0.6) is 0 Å². The van der Waals surface area contributed by atoms with Gasteiger partial charge in [0.15, 0.2) is 0 Å². The molecule has 2 rings (SSSR count). The predicted molar refractivity (Wildman–Crippen MR) is 72.5 cm³/mol. The largest absolute Gasteiger partial charge is 0.311 e. The van der Waals surface area contributed by atoms with Gasteiger partial charge in [-0.1, -0.05) is 19.1 Å². The van der Waals surface area contributed by atoms with Gasteiger partial charge in [0, 0.05) is 11.9 Å². The number of thiazole rings is 1. The minimum atomic E-state index is 0.651. The summed E-state index contributed by atoms with van der Waals surface area (Å²) in [6.45, 7) is 8.85. The van der Waals surface area contributed by atoms with Crippen molar-refractivity contribution in [3.05, 3.63) is 28.0 Å². The number of hydrogen-bond acceptors (Lipinski definition) is 5. The fourth-order valence-corrected chi connectivity index (χ4v) is 2.24. The van der Waals surface area contributed by atoms with Crippen LogP contribution in [0.25, 0.3) is 0 Å². The normalized spacial score (nSPS) is 11.3. The molecule has 0 fully saturated rings. The van der Waals surface area contributed by atoms with Crippen LogP contribution in [0.15, 0.2) is 11.6 Å². The van der Waals surface area contributed by atoms with Crippen molar-refractivity contribution in [1.82, 2.24) is 25.3 Å². The Morgan fingerprint density at radius 3 is 2.89 bits per heavy atom. The summed E-state index contributed by atoms with van der Waals surface area (Å²) in [5, 5.41) is 14.8. The lowest BCUT2D eigenvalue weighted by Crippen LogP contribution is -2.19. The smallest absolute Gasteiger partial charge is 0.0964 e. The second-order valence-electron chi connectivity index (χ2n) is 4.79. The van der Waals surface area contributed by atoms with E-state index >= 15 is 0 Å². The van der Waals surface area contributed by atoms with E-state index in [0.717, 1.165) is 29.5 Å². The number of aromatic nitrogens is 4. The first-order valence-electron chi connectivity index (χ1n) is 6.14. The SMILES string of the molecule is Cc1nc(Cn2cc(CNCC(C)C)nn2)cs1. The lowest BCUT2D eigenvalue weighted by molar-refractivity contribution is 0.548. The molecule has 0 atom stereocenters. The molecule has 0 saturated carbocycles. The van der Waals surface area contributed by atoms with Gasteiger partial charge in [0.25, 0.3) is 0 Å².